The summed E-state index contributed by atoms with van der Waals surface area (Å²) in [6.45, 7) is 0. The SMILES string of the molecule is N#Cc1cc(Cl)[nH]c1-c1oc(Cl)c2ccccc12. The second-order valence-corrected chi connectivity index (χ2v) is 4.52. The Hall–Kier alpha value is -1.89. The molecule has 2 heterocycles. The van der Waals surface area contributed by atoms with Crippen LogP contribution in [0, 0.1) is 11.3 Å². The maximum atomic E-state index is 9.07. The monoisotopic (exact) mass is 276 g/mol. The smallest absolute Gasteiger partial charge is 0.201 e. The van der Waals surface area contributed by atoms with Crippen LogP contribution in [0.25, 0.3) is 22.2 Å². The average Bonchev–Trinajstić information content (AvgIpc) is 2.91. The van der Waals surface area contributed by atoms with Gasteiger partial charge in [0.15, 0.2) is 5.76 Å². The third kappa shape index (κ3) is 1.59. The van der Waals surface area contributed by atoms with Crippen LogP contribution in [0.5, 0.6) is 0 Å². The van der Waals surface area contributed by atoms with Crippen LogP contribution in [0.15, 0.2) is 34.7 Å². The van der Waals surface area contributed by atoms with E-state index in [4.69, 9.17) is 32.9 Å². The topological polar surface area (TPSA) is 52.7 Å². The lowest BCUT2D eigenvalue weighted by atomic mass is 10.1. The predicted molar refractivity (Wildman–Crippen MR) is 70.7 cm³/mol. The molecule has 1 aromatic carbocycles. The molecule has 0 saturated carbocycles. The number of halogens is 2. The van der Waals surface area contributed by atoms with Crippen LogP contribution in [-0.4, -0.2) is 4.98 Å². The molecule has 2 aromatic heterocycles. The quantitative estimate of drug-likeness (QED) is 0.706. The molecule has 0 saturated heterocycles. The number of aromatic nitrogens is 1. The third-order valence-corrected chi connectivity index (χ3v) is 3.19. The van der Waals surface area contributed by atoms with E-state index in [1.165, 1.54) is 0 Å². The van der Waals surface area contributed by atoms with E-state index in [0.717, 1.165) is 10.8 Å². The Bertz CT molecular complexity index is 780. The first kappa shape index (κ1) is 11.2. The van der Waals surface area contributed by atoms with Crippen molar-refractivity contribution in [2.75, 3.05) is 0 Å². The van der Waals surface area contributed by atoms with E-state index in [1.54, 1.807) is 6.07 Å². The van der Waals surface area contributed by atoms with Gasteiger partial charge in [-0.25, -0.2) is 0 Å². The molecule has 0 aliphatic rings. The van der Waals surface area contributed by atoms with Gasteiger partial charge in [-0.1, -0.05) is 29.8 Å². The van der Waals surface area contributed by atoms with Crippen molar-refractivity contribution >= 4 is 34.0 Å². The van der Waals surface area contributed by atoms with Gasteiger partial charge in [0.05, 0.1) is 5.56 Å². The van der Waals surface area contributed by atoms with Crippen LogP contribution in [0.2, 0.25) is 10.4 Å². The summed E-state index contributed by atoms with van der Waals surface area (Å²) in [6, 6.07) is 11.1. The maximum Gasteiger partial charge on any atom is 0.201 e. The summed E-state index contributed by atoms with van der Waals surface area (Å²) in [4.78, 5) is 2.91. The van der Waals surface area contributed by atoms with Gasteiger partial charge in [0.25, 0.3) is 0 Å². The molecule has 0 aliphatic heterocycles. The Balaban J connectivity index is 2.36. The largest absolute Gasteiger partial charge is 0.442 e. The van der Waals surface area contributed by atoms with Crippen molar-refractivity contribution < 1.29 is 4.42 Å². The van der Waals surface area contributed by atoms with Crippen molar-refractivity contribution in [3.63, 3.8) is 0 Å². The van der Waals surface area contributed by atoms with Gasteiger partial charge in [-0.15, -0.1) is 0 Å². The molecule has 0 aliphatic carbocycles. The molecule has 5 heteroatoms. The van der Waals surface area contributed by atoms with E-state index in [2.05, 4.69) is 11.1 Å². The molecule has 0 amide bonds. The summed E-state index contributed by atoms with van der Waals surface area (Å²) in [5.41, 5.74) is 0.974. The van der Waals surface area contributed by atoms with E-state index < -0.39 is 0 Å². The van der Waals surface area contributed by atoms with E-state index in [0.29, 0.717) is 27.4 Å². The maximum absolute atomic E-state index is 9.07. The first-order valence-corrected chi connectivity index (χ1v) is 5.92. The summed E-state index contributed by atoms with van der Waals surface area (Å²) in [5.74, 6) is 0.527. The number of furan rings is 1. The Labute approximate surface area is 113 Å². The molecule has 18 heavy (non-hydrogen) atoms. The molecule has 0 radical (unpaired) electrons. The van der Waals surface area contributed by atoms with Gasteiger partial charge in [0.1, 0.15) is 16.9 Å². The first-order chi connectivity index (χ1) is 8.70. The standard InChI is InChI=1S/C13H6Cl2N2O/c14-10-5-7(6-16)11(17-10)12-8-3-1-2-4-9(8)13(15)18-12/h1-5,17H. The Kier molecular flexibility index (Phi) is 2.55. The molecule has 0 fully saturated rings. The number of hydrogen-bond donors (Lipinski definition) is 1. The lowest BCUT2D eigenvalue weighted by Crippen LogP contribution is -1.79. The zero-order valence-electron chi connectivity index (χ0n) is 9.00. The number of aromatic amines is 1. The van der Waals surface area contributed by atoms with Gasteiger partial charge < -0.3 is 9.40 Å². The molecular formula is C13H6Cl2N2O. The van der Waals surface area contributed by atoms with Crippen molar-refractivity contribution in [2.45, 2.75) is 0 Å². The van der Waals surface area contributed by atoms with Crippen molar-refractivity contribution in [3.8, 4) is 17.5 Å². The number of nitriles is 1. The number of H-pyrrole nitrogens is 1. The first-order valence-electron chi connectivity index (χ1n) is 5.16. The fourth-order valence-corrected chi connectivity index (χ4v) is 2.37. The minimum Gasteiger partial charge on any atom is -0.442 e. The summed E-state index contributed by atoms with van der Waals surface area (Å²) in [5, 5.41) is 11.4. The Morgan fingerprint density at radius 2 is 1.89 bits per heavy atom. The van der Waals surface area contributed by atoms with Gasteiger partial charge >= 0.3 is 0 Å². The van der Waals surface area contributed by atoms with Gasteiger partial charge in [-0.3, -0.25) is 0 Å². The molecule has 3 aromatic rings. The second-order valence-electron chi connectivity index (χ2n) is 3.77. The van der Waals surface area contributed by atoms with Gasteiger partial charge in [0.2, 0.25) is 5.22 Å². The summed E-state index contributed by atoms with van der Waals surface area (Å²) in [6.07, 6.45) is 0. The van der Waals surface area contributed by atoms with Crippen molar-refractivity contribution in [3.05, 3.63) is 46.3 Å². The number of benzene rings is 1. The van der Waals surface area contributed by atoms with Crippen molar-refractivity contribution in [1.29, 1.82) is 5.26 Å². The highest BCUT2D eigenvalue weighted by Crippen LogP contribution is 2.37. The molecule has 3 rings (SSSR count). The van der Waals surface area contributed by atoms with Crippen LogP contribution in [0.3, 0.4) is 0 Å². The molecular weight excluding hydrogens is 271 g/mol. The number of nitrogens with one attached hydrogen (secondary N) is 1. The molecule has 0 bridgehead atoms. The van der Waals surface area contributed by atoms with Crippen LogP contribution < -0.4 is 0 Å². The number of fused-ring (bicyclic) bond motifs is 1. The lowest BCUT2D eigenvalue weighted by Gasteiger charge is -1.94. The highest BCUT2D eigenvalue weighted by molar-refractivity contribution is 6.34. The normalized spacial score (nSPS) is 10.7. The number of hydrogen-bond acceptors (Lipinski definition) is 2. The molecule has 0 unspecified atom stereocenters. The Morgan fingerprint density at radius 1 is 1.17 bits per heavy atom. The highest BCUT2D eigenvalue weighted by atomic mass is 35.5. The van der Waals surface area contributed by atoms with E-state index in [9.17, 15) is 0 Å². The van der Waals surface area contributed by atoms with E-state index in [1.807, 2.05) is 24.3 Å². The number of rotatable bonds is 1. The molecule has 0 spiro atoms. The summed E-state index contributed by atoms with van der Waals surface area (Å²) >= 11 is 11.9. The Morgan fingerprint density at radius 3 is 2.61 bits per heavy atom. The second kappa shape index (κ2) is 4.09. The van der Waals surface area contributed by atoms with Gasteiger partial charge in [-0.2, -0.15) is 5.26 Å². The highest BCUT2D eigenvalue weighted by Gasteiger charge is 2.18. The van der Waals surface area contributed by atoms with E-state index in [-0.39, 0.29) is 0 Å². The third-order valence-electron chi connectivity index (χ3n) is 2.71. The average molecular weight is 277 g/mol. The fourth-order valence-electron chi connectivity index (χ4n) is 1.93. The molecule has 1 N–H and O–H groups in total. The van der Waals surface area contributed by atoms with Crippen LogP contribution in [0.4, 0.5) is 0 Å². The summed E-state index contributed by atoms with van der Waals surface area (Å²) < 4.78 is 5.53. The lowest BCUT2D eigenvalue weighted by molar-refractivity contribution is 0.587. The predicted octanol–water partition coefficient (Wildman–Crippen LogP) is 4.61. The van der Waals surface area contributed by atoms with Crippen molar-refractivity contribution in [2.24, 2.45) is 0 Å². The molecule has 3 nitrogen and oxygen atoms in total. The number of nitrogens with zero attached hydrogens (tertiary/aromatic N) is 1. The van der Waals surface area contributed by atoms with Gasteiger partial charge in [0, 0.05) is 10.8 Å². The van der Waals surface area contributed by atoms with Crippen LogP contribution >= 0.6 is 23.2 Å². The molecule has 88 valence electrons. The van der Waals surface area contributed by atoms with Crippen LogP contribution in [0.1, 0.15) is 5.56 Å². The summed E-state index contributed by atoms with van der Waals surface area (Å²) in [7, 11) is 0. The van der Waals surface area contributed by atoms with Crippen molar-refractivity contribution in [1.82, 2.24) is 4.98 Å². The zero-order chi connectivity index (χ0) is 12.7. The fraction of sp³-hybridized carbons (Fsp3) is 0. The van der Waals surface area contributed by atoms with Crippen LogP contribution in [-0.2, 0) is 0 Å². The molecule has 0 atom stereocenters. The van der Waals surface area contributed by atoms with E-state index >= 15 is 0 Å². The zero-order valence-corrected chi connectivity index (χ0v) is 10.5. The minimum atomic E-state index is 0.301. The van der Waals surface area contributed by atoms with Gasteiger partial charge in [-0.05, 0) is 23.7 Å². The minimum absolute atomic E-state index is 0.301.